The third kappa shape index (κ3) is 9.91. The molecular weight excluding hydrogens is 463 g/mol. The number of allylic oxidation sites excluding steroid dienone is 2. The average Bonchev–Trinajstić information content (AvgIpc) is 2.76. The van der Waals surface area contributed by atoms with Crippen LogP contribution < -0.4 is 21.7 Å². The smallest absolute Gasteiger partial charge is 0.125 e. The van der Waals surface area contributed by atoms with Crippen molar-refractivity contribution in [3.63, 3.8) is 0 Å². The van der Waals surface area contributed by atoms with Crippen LogP contribution in [-0.2, 0) is 5.75 Å². The summed E-state index contributed by atoms with van der Waals surface area (Å²) in [5.41, 5.74) is 13.8. The van der Waals surface area contributed by atoms with Gasteiger partial charge in [-0.25, -0.2) is 9.82 Å². The average molecular weight is 498 g/mol. The summed E-state index contributed by atoms with van der Waals surface area (Å²) in [6.45, 7) is 9.48. The second kappa shape index (κ2) is 17.1. The largest absolute Gasteiger partial charge is 0.333 e. The molecule has 0 fully saturated rings. The number of benzene rings is 2. The van der Waals surface area contributed by atoms with Crippen LogP contribution in [0.4, 0.5) is 10.1 Å². The Balaban J connectivity index is 0.00000154. The quantitative estimate of drug-likeness (QED) is 0.292. The maximum absolute atomic E-state index is 13.7. The van der Waals surface area contributed by atoms with Crippen molar-refractivity contribution >= 4 is 33.4 Å². The minimum atomic E-state index is -0.260. The number of hydrogen-bond acceptors (Lipinski definition) is 5. The Kier molecular flexibility index (Phi) is 16.1. The molecule has 0 aliphatic heterocycles. The van der Waals surface area contributed by atoms with Gasteiger partial charge in [-0.05, 0) is 62.7 Å². The van der Waals surface area contributed by atoms with Gasteiger partial charge in [0.15, 0.2) is 0 Å². The van der Waals surface area contributed by atoms with Crippen molar-refractivity contribution in [2.75, 3.05) is 19.1 Å². The first kappa shape index (κ1) is 28.4. The normalized spacial score (nSPS) is 10.7. The van der Waals surface area contributed by atoms with Gasteiger partial charge in [-0.3, -0.25) is 5.01 Å². The summed E-state index contributed by atoms with van der Waals surface area (Å²) in [5, 5.41) is 2.95. The van der Waals surface area contributed by atoms with E-state index in [1.165, 1.54) is 30.3 Å². The number of nitrogens with one attached hydrogen (secondary N) is 2. The number of hydrazine groups is 2. The first-order chi connectivity index (χ1) is 14.5. The van der Waals surface area contributed by atoms with Crippen LogP contribution in [0.2, 0.25) is 0 Å². The van der Waals surface area contributed by atoms with Crippen LogP contribution in [0.5, 0.6) is 0 Å². The van der Waals surface area contributed by atoms with Crippen LogP contribution in [0.1, 0.15) is 32.8 Å². The molecule has 0 aromatic heterocycles. The Morgan fingerprint density at radius 2 is 1.87 bits per heavy atom. The minimum Gasteiger partial charge on any atom is -0.333 e. The van der Waals surface area contributed by atoms with E-state index in [2.05, 4.69) is 59.1 Å². The predicted molar refractivity (Wildman–Crippen MR) is 135 cm³/mol. The summed E-state index contributed by atoms with van der Waals surface area (Å²) in [6.07, 6.45) is 2.66. The van der Waals surface area contributed by atoms with Crippen molar-refractivity contribution < 1.29 is 4.39 Å². The second-order valence-electron chi connectivity index (χ2n) is 5.90. The van der Waals surface area contributed by atoms with Crippen molar-refractivity contribution in [1.29, 1.82) is 0 Å². The molecule has 166 valence electrons. The lowest BCUT2D eigenvalue weighted by atomic mass is 10.2. The van der Waals surface area contributed by atoms with Gasteiger partial charge in [-0.15, -0.1) is 18.3 Å². The standard InChI is InChI=1S/C19H23BrFN3S.C3H6.CH5N/c1-4-14(2)19(25-13-15-8-5-6-11-18(15)20)24(23-22-3)17-10-7-9-16(21)12-17;1-3-2;1-2/h5-12,22-23H,4,13H2,1-3H3;3H,1H2,2H3;2H2,1H3/b19-14-;;. The Morgan fingerprint density at radius 3 is 2.40 bits per heavy atom. The zero-order valence-corrected chi connectivity index (χ0v) is 20.9. The molecule has 0 amide bonds. The molecule has 0 bridgehead atoms. The van der Waals surface area contributed by atoms with E-state index in [1.54, 1.807) is 31.0 Å². The number of halogens is 2. The molecule has 0 saturated carbocycles. The van der Waals surface area contributed by atoms with Crippen molar-refractivity contribution in [2.45, 2.75) is 32.9 Å². The van der Waals surface area contributed by atoms with Gasteiger partial charge in [0.05, 0.1) is 10.7 Å². The molecule has 7 heteroatoms. The third-order valence-corrected chi connectivity index (χ3v) is 5.74. The van der Waals surface area contributed by atoms with E-state index in [9.17, 15) is 4.39 Å². The van der Waals surface area contributed by atoms with Crippen LogP contribution in [0, 0.1) is 5.82 Å². The van der Waals surface area contributed by atoms with Gasteiger partial charge >= 0.3 is 0 Å². The van der Waals surface area contributed by atoms with Gasteiger partial charge in [0, 0.05) is 17.3 Å². The zero-order chi connectivity index (χ0) is 22.9. The van der Waals surface area contributed by atoms with Gasteiger partial charge in [-0.1, -0.05) is 53.2 Å². The molecule has 4 N–H and O–H groups in total. The number of rotatable bonds is 8. The zero-order valence-electron chi connectivity index (χ0n) is 18.5. The number of thioether (sulfide) groups is 1. The summed E-state index contributed by atoms with van der Waals surface area (Å²) in [5.74, 6) is 0.551. The monoisotopic (exact) mass is 496 g/mol. The molecule has 0 saturated heterocycles. The van der Waals surface area contributed by atoms with Crippen LogP contribution in [0.25, 0.3) is 0 Å². The van der Waals surface area contributed by atoms with E-state index in [4.69, 9.17) is 0 Å². The lowest BCUT2D eigenvalue weighted by Gasteiger charge is -2.29. The first-order valence-electron chi connectivity index (χ1n) is 9.67. The molecule has 0 spiro atoms. The fourth-order valence-corrected chi connectivity index (χ4v) is 4.08. The SMILES string of the molecule is C=CC.CC/C(C)=C(\SCc1ccccc1Br)N(NNC)c1cccc(F)c1.CN. The molecule has 2 rings (SSSR count). The van der Waals surface area contributed by atoms with E-state index in [1.807, 2.05) is 36.2 Å². The summed E-state index contributed by atoms with van der Waals surface area (Å²) < 4.78 is 14.8. The molecule has 0 atom stereocenters. The highest BCUT2D eigenvalue weighted by Crippen LogP contribution is 2.33. The summed E-state index contributed by atoms with van der Waals surface area (Å²) in [7, 11) is 3.30. The maximum atomic E-state index is 13.7. The van der Waals surface area contributed by atoms with Crippen molar-refractivity contribution in [2.24, 2.45) is 5.73 Å². The minimum absolute atomic E-state index is 0.260. The van der Waals surface area contributed by atoms with E-state index >= 15 is 0 Å². The van der Waals surface area contributed by atoms with Crippen molar-refractivity contribution in [3.8, 4) is 0 Å². The highest BCUT2D eigenvalue weighted by Gasteiger charge is 2.16. The Morgan fingerprint density at radius 1 is 1.23 bits per heavy atom. The van der Waals surface area contributed by atoms with Crippen LogP contribution in [-0.4, -0.2) is 14.1 Å². The predicted octanol–water partition coefficient (Wildman–Crippen LogP) is 6.38. The van der Waals surface area contributed by atoms with Crippen LogP contribution >= 0.6 is 27.7 Å². The maximum Gasteiger partial charge on any atom is 0.125 e. The number of nitrogens with two attached hydrogens (primary N) is 1. The highest BCUT2D eigenvalue weighted by molar-refractivity contribution is 9.10. The van der Waals surface area contributed by atoms with E-state index in [-0.39, 0.29) is 5.82 Å². The molecule has 0 heterocycles. The summed E-state index contributed by atoms with van der Waals surface area (Å²) >= 11 is 5.32. The van der Waals surface area contributed by atoms with Gasteiger partial charge < -0.3 is 5.73 Å². The van der Waals surface area contributed by atoms with Crippen LogP contribution in [0.3, 0.4) is 0 Å². The molecular formula is C23H34BrFN4S. The molecule has 0 aliphatic carbocycles. The van der Waals surface area contributed by atoms with E-state index in [0.717, 1.165) is 27.4 Å². The van der Waals surface area contributed by atoms with E-state index in [0.29, 0.717) is 0 Å². The molecule has 30 heavy (non-hydrogen) atoms. The Hall–Kier alpha value is -1.64. The van der Waals surface area contributed by atoms with E-state index < -0.39 is 0 Å². The Bertz CT molecular complexity index is 783. The molecule has 2 aromatic rings. The van der Waals surface area contributed by atoms with Gasteiger partial charge in [0.2, 0.25) is 0 Å². The highest BCUT2D eigenvalue weighted by atomic mass is 79.9. The molecule has 0 unspecified atom stereocenters. The number of nitrogens with zero attached hydrogens (tertiary/aromatic N) is 1. The topological polar surface area (TPSA) is 53.3 Å². The summed E-state index contributed by atoms with van der Waals surface area (Å²) in [4.78, 5) is 0. The number of hydrogen-bond donors (Lipinski definition) is 3. The van der Waals surface area contributed by atoms with Crippen LogP contribution in [0.15, 0.2) is 76.3 Å². The van der Waals surface area contributed by atoms with Gasteiger partial charge in [-0.2, -0.15) is 5.53 Å². The number of anilines is 1. The molecule has 0 radical (unpaired) electrons. The van der Waals surface area contributed by atoms with Crippen molar-refractivity contribution in [3.05, 3.63) is 87.6 Å². The first-order valence-corrected chi connectivity index (χ1v) is 11.4. The van der Waals surface area contributed by atoms with Crippen molar-refractivity contribution in [1.82, 2.24) is 11.0 Å². The van der Waals surface area contributed by atoms with Gasteiger partial charge in [0.25, 0.3) is 0 Å². The lowest BCUT2D eigenvalue weighted by Crippen LogP contribution is -2.44. The van der Waals surface area contributed by atoms with Gasteiger partial charge in [0.1, 0.15) is 5.82 Å². The lowest BCUT2D eigenvalue weighted by molar-refractivity contribution is 0.591. The Labute approximate surface area is 193 Å². The second-order valence-corrected chi connectivity index (χ2v) is 7.72. The molecule has 0 aliphatic rings. The summed E-state index contributed by atoms with van der Waals surface area (Å²) in [6, 6.07) is 14.8. The fourth-order valence-electron chi connectivity index (χ4n) is 2.25. The third-order valence-electron chi connectivity index (χ3n) is 3.71. The molecule has 4 nitrogen and oxygen atoms in total. The fraction of sp³-hybridized carbons (Fsp3) is 0.304. The molecule has 2 aromatic carbocycles.